The van der Waals surface area contributed by atoms with Crippen molar-refractivity contribution < 1.29 is 9.18 Å². The van der Waals surface area contributed by atoms with E-state index in [0.717, 1.165) is 28.1 Å². The third-order valence-corrected chi connectivity index (χ3v) is 7.79. The zero-order valence-electron chi connectivity index (χ0n) is 17.7. The maximum atomic E-state index is 14.3. The summed E-state index contributed by atoms with van der Waals surface area (Å²) in [6.45, 7) is 1.99. The minimum Gasteiger partial charge on any atom is -0.336 e. The molecular weight excluding hydrogens is 445 g/mol. The average Bonchev–Trinajstić information content (AvgIpc) is 3.41. The van der Waals surface area contributed by atoms with E-state index in [-0.39, 0.29) is 29.6 Å². The SMILES string of the molecule is CC(c1nc2ccccc2s1)N(C)C(=O)CSc1nnc(-c2ccccc2F)n1C1CC1. The van der Waals surface area contributed by atoms with Crippen molar-refractivity contribution in [2.75, 3.05) is 12.8 Å². The first-order valence-electron chi connectivity index (χ1n) is 10.5. The van der Waals surface area contributed by atoms with Crippen LogP contribution in [0.1, 0.15) is 36.9 Å². The molecule has 0 bridgehead atoms. The number of aromatic nitrogens is 4. The minimum absolute atomic E-state index is 0.0143. The Morgan fingerprint density at radius 3 is 2.72 bits per heavy atom. The van der Waals surface area contributed by atoms with Gasteiger partial charge in [0.15, 0.2) is 11.0 Å². The third kappa shape index (κ3) is 4.02. The Bertz CT molecular complexity index is 1250. The van der Waals surface area contributed by atoms with Gasteiger partial charge in [-0.3, -0.25) is 9.36 Å². The van der Waals surface area contributed by atoms with Crippen molar-refractivity contribution in [2.45, 2.75) is 37.0 Å². The molecule has 9 heteroatoms. The number of thiazole rings is 1. The number of rotatable bonds is 7. The first-order valence-corrected chi connectivity index (χ1v) is 12.3. The second kappa shape index (κ2) is 8.63. The van der Waals surface area contributed by atoms with Crippen LogP contribution in [0, 0.1) is 5.82 Å². The van der Waals surface area contributed by atoms with Gasteiger partial charge < -0.3 is 4.90 Å². The number of benzene rings is 2. The molecule has 164 valence electrons. The summed E-state index contributed by atoms with van der Waals surface area (Å²) in [4.78, 5) is 19.3. The molecule has 1 amide bonds. The molecule has 0 aliphatic heterocycles. The van der Waals surface area contributed by atoms with E-state index in [1.165, 1.54) is 17.8 Å². The maximum Gasteiger partial charge on any atom is 0.233 e. The van der Waals surface area contributed by atoms with Crippen LogP contribution in [0.25, 0.3) is 21.6 Å². The lowest BCUT2D eigenvalue weighted by Gasteiger charge is -2.23. The van der Waals surface area contributed by atoms with Crippen LogP contribution in [0.3, 0.4) is 0 Å². The normalized spacial score (nSPS) is 14.6. The van der Waals surface area contributed by atoms with E-state index in [4.69, 9.17) is 0 Å². The van der Waals surface area contributed by atoms with Gasteiger partial charge in [-0.25, -0.2) is 9.37 Å². The second-order valence-corrected chi connectivity index (χ2v) is 9.88. The van der Waals surface area contributed by atoms with Gasteiger partial charge in [0.2, 0.25) is 5.91 Å². The van der Waals surface area contributed by atoms with E-state index >= 15 is 0 Å². The number of para-hydroxylation sites is 1. The number of carbonyl (C=O) groups excluding carboxylic acids is 1. The fourth-order valence-electron chi connectivity index (χ4n) is 3.54. The first-order chi connectivity index (χ1) is 15.5. The first kappa shape index (κ1) is 21.1. The number of nitrogens with zero attached hydrogens (tertiary/aromatic N) is 5. The second-order valence-electron chi connectivity index (χ2n) is 7.88. The predicted molar refractivity (Wildman–Crippen MR) is 125 cm³/mol. The highest BCUT2D eigenvalue weighted by Crippen LogP contribution is 2.41. The molecule has 4 aromatic rings. The number of halogens is 1. The standard InChI is InChI=1S/C23H22FN5OS2/c1-14(22-25-18-9-5-6-10-19(18)32-22)28(2)20(30)13-31-23-27-26-21(29(23)15-11-12-15)16-7-3-4-8-17(16)24/h3-10,14-15H,11-13H2,1-2H3. The molecule has 6 nitrogen and oxygen atoms in total. The number of thioether (sulfide) groups is 1. The molecule has 0 radical (unpaired) electrons. The highest BCUT2D eigenvalue weighted by atomic mass is 32.2. The lowest BCUT2D eigenvalue weighted by atomic mass is 10.2. The van der Waals surface area contributed by atoms with E-state index in [1.54, 1.807) is 41.5 Å². The molecule has 1 fully saturated rings. The summed E-state index contributed by atoms with van der Waals surface area (Å²) < 4.78 is 17.4. The largest absolute Gasteiger partial charge is 0.336 e. The zero-order valence-corrected chi connectivity index (χ0v) is 19.4. The number of carbonyl (C=O) groups is 1. The van der Waals surface area contributed by atoms with E-state index in [0.29, 0.717) is 16.5 Å². The molecule has 1 atom stereocenters. The molecule has 0 saturated heterocycles. The van der Waals surface area contributed by atoms with Crippen molar-refractivity contribution in [1.82, 2.24) is 24.6 Å². The molecule has 2 heterocycles. The van der Waals surface area contributed by atoms with Gasteiger partial charge in [0.25, 0.3) is 0 Å². The van der Waals surface area contributed by atoms with Crippen molar-refractivity contribution >= 4 is 39.2 Å². The molecule has 0 spiro atoms. The van der Waals surface area contributed by atoms with E-state index < -0.39 is 0 Å². The molecule has 1 unspecified atom stereocenters. The molecule has 1 saturated carbocycles. The van der Waals surface area contributed by atoms with Crippen LogP contribution in [0.2, 0.25) is 0 Å². The topological polar surface area (TPSA) is 63.9 Å². The fraction of sp³-hybridized carbons (Fsp3) is 0.304. The quantitative estimate of drug-likeness (QED) is 0.343. The van der Waals surface area contributed by atoms with Crippen molar-refractivity contribution in [2.24, 2.45) is 0 Å². The van der Waals surface area contributed by atoms with Gasteiger partial charge >= 0.3 is 0 Å². The molecule has 1 aliphatic carbocycles. The van der Waals surface area contributed by atoms with Gasteiger partial charge in [-0.2, -0.15) is 0 Å². The number of hydrogen-bond acceptors (Lipinski definition) is 6. The van der Waals surface area contributed by atoms with Crippen LogP contribution in [0.15, 0.2) is 53.7 Å². The Balaban J connectivity index is 1.31. The average molecular weight is 468 g/mol. The molecule has 1 aliphatic rings. The van der Waals surface area contributed by atoms with E-state index in [9.17, 15) is 9.18 Å². The van der Waals surface area contributed by atoms with Crippen LogP contribution in [0.4, 0.5) is 4.39 Å². The monoisotopic (exact) mass is 467 g/mol. The number of fused-ring (bicyclic) bond motifs is 1. The lowest BCUT2D eigenvalue weighted by Crippen LogP contribution is -2.31. The Hall–Kier alpha value is -2.78. The summed E-state index contributed by atoms with van der Waals surface area (Å²) in [7, 11) is 1.80. The summed E-state index contributed by atoms with van der Waals surface area (Å²) in [6, 6.07) is 14.7. The number of hydrogen-bond donors (Lipinski definition) is 0. The smallest absolute Gasteiger partial charge is 0.233 e. The van der Waals surface area contributed by atoms with Crippen LogP contribution >= 0.6 is 23.1 Å². The lowest BCUT2D eigenvalue weighted by molar-refractivity contribution is -0.128. The van der Waals surface area contributed by atoms with E-state index in [2.05, 4.69) is 15.2 Å². The molecule has 0 N–H and O–H groups in total. The Morgan fingerprint density at radius 2 is 1.97 bits per heavy atom. The highest BCUT2D eigenvalue weighted by Gasteiger charge is 2.31. The van der Waals surface area contributed by atoms with Gasteiger partial charge in [0.1, 0.15) is 10.8 Å². The van der Waals surface area contributed by atoms with Gasteiger partial charge in [-0.05, 0) is 44.0 Å². The molecular formula is C23H22FN5OS2. The van der Waals surface area contributed by atoms with Gasteiger partial charge in [0, 0.05) is 13.1 Å². The Kier molecular flexibility index (Phi) is 5.69. The van der Waals surface area contributed by atoms with Crippen LogP contribution < -0.4 is 0 Å². The highest BCUT2D eigenvalue weighted by molar-refractivity contribution is 7.99. The Morgan fingerprint density at radius 1 is 1.22 bits per heavy atom. The van der Waals surface area contributed by atoms with Crippen molar-refractivity contribution in [3.05, 3.63) is 59.4 Å². The van der Waals surface area contributed by atoms with Crippen LogP contribution in [-0.2, 0) is 4.79 Å². The summed E-state index contributed by atoms with van der Waals surface area (Å²) in [6.07, 6.45) is 2.02. The molecule has 2 aromatic carbocycles. The van der Waals surface area contributed by atoms with Crippen LogP contribution in [0.5, 0.6) is 0 Å². The summed E-state index contributed by atoms with van der Waals surface area (Å²) in [5, 5.41) is 10.1. The minimum atomic E-state index is -0.321. The third-order valence-electron chi connectivity index (χ3n) is 5.66. The fourth-order valence-corrected chi connectivity index (χ4v) is 5.53. The van der Waals surface area contributed by atoms with Gasteiger partial charge in [-0.15, -0.1) is 21.5 Å². The summed E-state index contributed by atoms with van der Waals surface area (Å²) >= 11 is 2.96. The molecule has 5 rings (SSSR count). The van der Waals surface area contributed by atoms with Gasteiger partial charge in [-0.1, -0.05) is 36.0 Å². The van der Waals surface area contributed by atoms with Crippen LogP contribution in [-0.4, -0.2) is 43.4 Å². The molecule has 2 aromatic heterocycles. The predicted octanol–water partition coefficient (Wildman–Crippen LogP) is 5.34. The van der Waals surface area contributed by atoms with Crippen molar-refractivity contribution in [1.29, 1.82) is 0 Å². The summed E-state index contributed by atoms with van der Waals surface area (Å²) in [5.41, 5.74) is 1.39. The molecule has 32 heavy (non-hydrogen) atoms. The zero-order chi connectivity index (χ0) is 22.2. The van der Waals surface area contributed by atoms with E-state index in [1.807, 2.05) is 35.8 Å². The van der Waals surface area contributed by atoms with Crippen molar-refractivity contribution in [3.63, 3.8) is 0 Å². The van der Waals surface area contributed by atoms with Gasteiger partial charge in [0.05, 0.1) is 27.6 Å². The summed E-state index contributed by atoms with van der Waals surface area (Å²) in [5.74, 6) is 0.420. The van der Waals surface area contributed by atoms with Crippen molar-refractivity contribution in [3.8, 4) is 11.4 Å². The Labute approximate surface area is 193 Å². The number of amides is 1. The maximum absolute atomic E-state index is 14.3.